The molecule has 0 bridgehead atoms. The van der Waals surface area contributed by atoms with Gasteiger partial charge < -0.3 is 0 Å². The molecule has 222 valence electrons. The fraction of sp³-hybridized carbons (Fsp3) is 0.0222. The Balaban J connectivity index is 1.23. The van der Waals surface area contributed by atoms with E-state index in [-0.39, 0.29) is 5.92 Å². The molecule has 0 saturated carbocycles. The molecule has 8 rings (SSSR count). The first kappa shape index (κ1) is 28.4. The predicted molar refractivity (Wildman–Crippen MR) is 195 cm³/mol. The van der Waals surface area contributed by atoms with E-state index in [1.807, 2.05) is 30.3 Å². The first-order valence-corrected chi connectivity index (χ1v) is 16.0. The number of fused-ring (bicyclic) bond motifs is 1. The van der Waals surface area contributed by atoms with Gasteiger partial charge in [-0.15, -0.1) is 0 Å². The summed E-state index contributed by atoms with van der Waals surface area (Å²) in [6.07, 6.45) is 0. The van der Waals surface area contributed by atoms with Gasteiger partial charge in [-0.05, 0) is 51.1 Å². The lowest BCUT2D eigenvalue weighted by molar-refractivity contribution is 0.978. The summed E-state index contributed by atoms with van der Waals surface area (Å²) in [6, 6.07) is 66.5. The highest BCUT2D eigenvalue weighted by Gasteiger charge is 2.19. The molecule has 1 unspecified atom stereocenters. The fourth-order valence-electron chi connectivity index (χ4n) is 6.44. The van der Waals surface area contributed by atoms with Crippen LogP contribution in [0.25, 0.3) is 55.8 Å². The van der Waals surface area contributed by atoms with Crippen molar-refractivity contribution >= 4 is 11.0 Å². The van der Waals surface area contributed by atoms with Crippen LogP contribution >= 0.6 is 0 Å². The molecule has 8 aromatic rings. The van der Waals surface area contributed by atoms with Gasteiger partial charge in [-0.2, -0.15) is 0 Å². The third-order valence-corrected chi connectivity index (χ3v) is 8.81. The standard InChI is InChI=1S/C45H32N2/c1-4-13-32(14-5-1)34-23-25-35(26-24-34)43(40-20-12-19-39(31-40)33-15-6-2-7-16-33)36-27-29-38(30-28-36)45-44(37-17-8-3-9-18-37)46-41-21-10-11-22-42(41)47-45/h1-31,43H. The number of benzene rings is 7. The normalized spacial score (nSPS) is 11.7. The van der Waals surface area contributed by atoms with Gasteiger partial charge in [0.2, 0.25) is 0 Å². The summed E-state index contributed by atoms with van der Waals surface area (Å²) in [5, 5.41) is 0. The molecule has 47 heavy (non-hydrogen) atoms. The van der Waals surface area contributed by atoms with Crippen molar-refractivity contribution < 1.29 is 0 Å². The summed E-state index contributed by atoms with van der Waals surface area (Å²) >= 11 is 0. The fourth-order valence-corrected chi connectivity index (χ4v) is 6.44. The van der Waals surface area contributed by atoms with Crippen LogP contribution in [0.1, 0.15) is 22.6 Å². The molecule has 0 fully saturated rings. The Labute approximate surface area is 275 Å². The smallest absolute Gasteiger partial charge is 0.0973 e. The van der Waals surface area contributed by atoms with E-state index in [0.717, 1.165) is 33.5 Å². The second kappa shape index (κ2) is 12.7. The Kier molecular flexibility index (Phi) is 7.67. The van der Waals surface area contributed by atoms with Gasteiger partial charge in [0.15, 0.2) is 0 Å². The summed E-state index contributed by atoms with van der Waals surface area (Å²) in [4.78, 5) is 10.2. The number of hydrogen-bond donors (Lipinski definition) is 0. The summed E-state index contributed by atoms with van der Waals surface area (Å²) in [7, 11) is 0. The molecule has 0 N–H and O–H groups in total. The largest absolute Gasteiger partial charge is 0.244 e. The average Bonchev–Trinajstić information content (AvgIpc) is 3.16. The lowest BCUT2D eigenvalue weighted by Crippen LogP contribution is -2.04. The van der Waals surface area contributed by atoms with Crippen molar-refractivity contribution in [3.05, 3.63) is 205 Å². The molecule has 2 heteroatoms. The van der Waals surface area contributed by atoms with E-state index in [9.17, 15) is 0 Å². The third-order valence-electron chi connectivity index (χ3n) is 8.81. The maximum atomic E-state index is 5.13. The van der Waals surface area contributed by atoms with Gasteiger partial charge in [-0.1, -0.05) is 176 Å². The van der Waals surface area contributed by atoms with Crippen LogP contribution in [0.15, 0.2) is 188 Å². The Bertz CT molecular complexity index is 2260. The number of nitrogens with zero attached hydrogens (tertiary/aromatic N) is 2. The number of hydrogen-bond acceptors (Lipinski definition) is 2. The van der Waals surface area contributed by atoms with Gasteiger partial charge in [0.05, 0.1) is 22.4 Å². The highest BCUT2D eigenvalue weighted by molar-refractivity contribution is 5.86. The van der Waals surface area contributed by atoms with Crippen LogP contribution in [0.3, 0.4) is 0 Å². The Morgan fingerprint density at radius 2 is 0.660 bits per heavy atom. The number of rotatable bonds is 7. The Hall–Kier alpha value is -6.12. The minimum atomic E-state index is 0.0498. The summed E-state index contributed by atoms with van der Waals surface area (Å²) in [6.45, 7) is 0. The minimum Gasteiger partial charge on any atom is -0.244 e. The molecule has 1 aromatic heterocycles. The van der Waals surface area contributed by atoms with E-state index in [1.54, 1.807) is 0 Å². The lowest BCUT2D eigenvalue weighted by atomic mass is 9.83. The SMILES string of the molecule is c1ccc(-c2ccc(C(c3ccc(-c4nc5ccccc5nc4-c4ccccc4)cc3)c3cccc(-c4ccccc4)c3)cc2)cc1. The summed E-state index contributed by atoms with van der Waals surface area (Å²) in [5.41, 5.74) is 14.2. The van der Waals surface area contributed by atoms with Crippen LogP contribution in [-0.4, -0.2) is 9.97 Å². The molecule has 0 amide bonds. The molecule has 2 nitrogen and oxygen atoms in total. The molecule has 1 atom stereocenters. The van der Waals surface area contributed by atoms with E-state index in [2.05, 4.69) is 158 Å². The summed E-state index contributed by atoms with van der Waals surface area (Å²) < 4.78 is 0. The second-order valence-electron chi connectivity index (χ2n) is 11.8. The summed E-state index contributed by atoms with van der Waals surface area (Å²) in [5.74, 6) is 0.0498. The highest BCUT2D eigenvalue weighted by atomic mass is 14.8. The van der Waals surface area contributed by atoms with E-state index in [1.165, 1.54) is 38.9 Å². The zero-order valence-corrected chi connectivity index (χ0v) is 25.9. The monoisotopic (exact) mass is 600 g/mol. The van der Waals surface area contributed by atoms with Crippen LogP contribution in [0.5, 0.6) is 0 Å². The van der Waals surface area contributed by atoms with Crippen molar-refractivity contribution in [2.45, 2.75) is 5.92 Å². The van der Waals surface area contributed by atoms with Crippen LogP contribution < -0.4 is 0 Å². The Morgan fingerprint density at radius 1 is 0.277 bits per heavy atom. The van der Waals surface area contributed by atoms with Crippen LogP contribution in [0.2, 0.25) is 0 Å². The van der Waals surface area contributed by atoms with Crippen LogP contribution in [0.4, 0.5) is 0 Å². The Morgan fingerprint density at radius 3 is 1.19 bits per heavy atom. The molecule has 0 spiro atoms. The van der Waals surface area contributed by atoms with Crippen molar-refractivity contribution in [3.63, 3.8) is 0 Å². The molecule has 0 radical (unpaired) electrons. The molecule has 0 aliphatic carbocycles. The van der Waals surface area contributed by atoms with Crippen LogP contribution in [-0.2, 0) is 0 Å². The first-order valence-electron chi connectivity index (χ1n) is 16.0. The molecular weight excluding hydrogens is 569 g/mol. The maximum absolute atomic E-state index is 5.13. The van der Waals surface area contributed by atoms with E-state index >= 15 is 0 Å². The molecule has 7 aromatic carbocycles. The first-order chi connectivity index (χ1) is 23.3. The number of para-hydroxylation sites is 2. The predicted octanol–water partition coefficient (Wildman–Crippen LogP) is 11.5. The van der Waals surface area contributed by atoms with E-state index in [4.69, 9.17) is 9.97 Å². The highest BCUT2D eigenvalue weighted by Crippen LogP contribution is 2.37. The minimum absolute atomic E-state index is 0.0498. The maximum Gasteiger partial charge on any atom is 0.0973 e. The van der Waals surface area contributed by atoms with Crippen molar-refractivity contribution in [2.75, 3.05) is 0 Å². The third kappa shape index (κ3) is 5.85. The van der Waals surface area contributed by atoms with E-state index < -0.39 is 0 Å². The van der Waals surface area contributed by atoms with Gasteiger partial charge in [-0.3, -0.25) is 0 Å². The lowest BCUT2D eigenvalue weighted by Gasteiger charge is -2.21. The van der Waals surface area contributed by atoms with Crippen LogP contribution in [0, 0.1) is 0 Å². The topological polar surface area (TPSA) is 25.8 Å². The zero-order valence-electron chi connectivity index (χ0n) is 25.9. The van der Waals surface area contributed by atoms with Crippen molar-refractivity contribution in [2.24, 2.45) is 0 Å². The van der Waals surface area contributed by atoms with Gasteiger partial charge in [-0.25, -0.2) is 9.97 Å². The van der Waals surface area contributed by atoms with E-state index in [0.29, 0.717) is 0 Å². The van der Waals surface area contributed by atoms with Crippen molar-refractivity contribution in [1.29, 1.82) is 0 Å². The molecule has 0 aliphatic rings. The van der Waals surface area contributed by atoms with Gasteiger partial charge >= 0.3 is 0 Å². The molecule has 1 heterocycles. The average molecular weight is 601 g/mol. The molecule has 0 aliphatic heterocycles. The number of aromatic nitrogens is 2. The van der Waals surface area contributed by atoms with Gasteiger partial charge in [0.25, 0.3) is 0 Å². The van der Waals surface area contributed by atoms with Crippen molar-refractivity contribution in [1.82, 2.24) is 9.97 Å². The second-order valence-corrected chi connectivity index (χ2v) is 11.8. The van der Waals surface area contributed by atoms with Gasteiger partial charge in [0, 0.05) is 17.0 Å². The zero-order chi connectivity index (χ0) is 31.4. The van der Waals surface area contributed by atoms with Gasteiger partial charge in [0.1, 0.15) is 0 Å². The van der Waals surface area contributed by atoms with Crippen molar-refractivity contribution in [3.8, 4) is 44.8 Å². The molecule has 0 saturated heterocycles. The quantitative estimate of drug-likeness (QED) is 0.170. The molecular formula is C45H32N2.